The molecule has 1 aromatic carbocycles. The van der Waals surface area contributed by atoms with Gasteiger partial charge in [0, 0.05) is 31.1 Å². The van der Waals surface area contributed by atoms with Crippen LogP contribution < -0.4 is 15.8 Å². The molecule has 0 spiro atoms. The van der Waals surface area contributed by atoms with E-state index in [0.29, 0.717) is 31.1 Å². The third-order valence-corrected chi connectivity index (χ3v) is 5.01. The molecular formula is C19H30N4O2. The highest BCUT2D eigenvalue weighted by molar-refractivity contribution is 5.78. The second-order valence-corrected chi connectivity index (χ2v) is 7.06. The van der Waals surface area contributed by atoms with Gasteiger partial charge in [0.05, 0.1) is 32.4 Å². The summed E-state index contributed by atoms with van der Waals surface area (Å²) < 4.78 is 11.2. The van der Waals surface area contributed by atoms with Gasteiger partial charge >= 0.3 is 0 Å². The minimum Gasteiger partial charge on any atom is -0.493 e. The van der Waals surface area contributed by atoms with Crippen LogP contribution >= 0.6 is 0 Å². The lowest BCUT2D eigenvalue weighted by Crippen LogP contribution is -2.48. The highest BCUT2D eigenvalue weighted by atomic mass is 16.5. The number of fused-ring (bicyclic) bond motifs is 1. The molecule has 2 heterocycles. The zero-order valence-corrected chi connectivity index (χ0v) is 15.3. The van der Waals surface area contributed by atoms with E-state index in [1.54, 1.807) is 0 Å². The Morgan fingerprint density at radius 2 is 2.04 bits per heavy atom. The molecular weight excluding hydrogens is 316 g/mol. The number of hydrogen-bond donors (Lipinski definition) is 2. The second kappa shape index (κ2) is 8.54. The van der Waals surface area contributed by atoms with Gasteiger partial charge in [0.2, 0.25) is 0 Å². The van der Waals surface area contributed by atoms with E-state index in [2.05, 4.69) is 35.1 Å². The monoisotopic (exact) mass is 346 g/mol. The largest absolute Gasteiger partial charge is 0.493 e. The first-order chi connectivity index (χ1) is 12.1. The number of hydrogen-bond acceptors (Lipinski definition) is 4. The van der Waals surface area contributed by atoms with Crippen LogP contribution in [0.3, 0.4) is 0 Å². The molecule has 2 atom stereocenters. The highest BCUT2D eigenvalue weighted by Gasteiger charge is 2.24. The molecule has 0 saturated carbocycles. The lowest BCUT2D eigenvalue weighted by atomic mass is 10.0. The van der Waals surface area contributed by atoms with Crippen molar-refractivity contribution in [3.63, 3.8) is 0 Å². The Balaban J connectivity index is 1.61. The van der Waals surface area contributed by atoms with Gasteiger partial charge in [-0.15, -0.1) is 0 Å². The quantitative estimate of drug-likeness (QED) is 0.628. The lowest BCUT2D eigenvalue weighted by molar-refractivity contribution is 0.00868. The van der Waals surface area contributed by atoms with E-state index < -0.39 is 0 Å². The van der Waals surface area contributed by atoms with Crippen LogP contribution in [0.2, 0.25) is 0 Å². The molecule has 1 fully saturated rings. The van der Waals surface area contributed by atoms with E-state index in [1.807, 2.05) is 18.2 Å². The Bertz CT molecular complexity index is 585. The molecule has 6 nitrogen and oxygen atoms in total. The number of nitrogens with zero attached hydrogens (tertiary/aromatic N) is 2. The van der Waals surface area contributed by atoms with Gasteiger partial charge in [-0.2, -0.15) is 0 Å². The van der Waals surface area contributed by atoms with Crippen molar-refractivity contribution < 1.29 is 9.47 Å². The predicted molar refractivity (Wildman–Crippen MR) is 99.9 cm³/mol. The summed E-state index contributed by atoms with van der Waals surface area (Å²) in [7, 11) is 0. The van der Waals surface area contributed by atoms with Crippen molar-refractivity contribution in [2.75, 3.05) is 39.5 Å². The van der Waals surface area contributed by atoms with Crippen molar-refractivity contribution in [2.45, 2.75) is 32.4 Å². The summed E-state index contributed by atoms with van der Waals surface area (Å²) >= 11 is 0. The maximum atomic E-state index is 6.19. The van der Waals surface area contributed by atoms with Gasteiger partial charge in [-0.1, -0.05) is 32.0 Å². The number of benzene rings is 1. The van der Waals surface area contributed by atoms with Crippen molar-refractivity contribution in [1.29, 1.82) is 0 Å². The molecule has 6 heteroatoms. The molecule has 2 aliphatic rings. The van der Waals surface area contributed by atoms with Gasteiger partial charge in [-0.25, -0.2) is 0 Å². The fraction of sp³-hybridized carbons (Fsp3) is 0.632. The summed E-state index contributed by atoms with van der Waals surface area (Å²) in [6, 6.07) is 8.67. The number of aliphatic imine (C=N–C) groups is 1. The summed E-state index contributed by atoms with van der Waals surface area (Å²) in [6.45, 7) is 9.45. The molecule has 0 radical (unpaired) electrons. The molecule has 2 unspecified atom stereocenters. The molecule has 0 aliphatic carbocycles. The Morgan fingerprint density at radius 1 is 1.28 bits per heavy atom. The first-order valence-electron chi connectivity index (χ1n) is 9.25. The highest BCUT2D eigenvalue weighted by Crippen LogP contribution is 2.31. The van der Waals surface area contributed by atoms with Crippen LogP contribution in [-0.4, -0.2) is 56.4 Å². The van der Waals surface area contributed by atoms with Gasteiger partial charge in [0.15, 0.2) is 5.96 Å². The van der Waals surface area contributed by atoms with E-state index in [0.717, 1.165) is 44.0 Å². The number of ether oxygens (including phenoxy) is 2. The van der Waals surface area contributed by atoms with Crippen molar-refractivity contribution in [3.8, 4) is 5.75 Å². The summed E-state index contributed by atoms with van der Waals surface area (Å²) in [5, 5.41) is 3.38. The Hall–Kier alpha value is -1.79. The normalized spacial score (nSPS) is 23.0. The standard InChI is InChI=1S/C19H30N4O2/c1-14(2)17(23-8-11-24-12-9-23)13-21-19(20)22-16-7-10-25-18-6-4-3-5-15(16)18/h3-6,14,16-17H,7-13H2,1-2H3,(H3,20,21,22). The molecule has 3 rings (SSSR count). The van der Waals surface area contributed by atoms with Crippen LogP contribution in [0.5, 0.6) is 5.75 Å². The summed E-state index contributed by atoms with van der Waals surface area (Å²) in [4.78, 5) is 7.11. The first-order valence-corrected chi connectivity index (χ1v) is 9.25. The molecule has 0 amide bonds. The number of nitrogens with one attached hydrogen (secondary N) is 1. The van der Waals surface area contributed by atoms with E-state index in [9.17, 15) is 0 Å². The van der Waals surface area contributed by atoms with Crippen LogP contribution in [0, 0.1) is 5.92 Å². The van der Waals surface area contributed by atoms with Crippen LogP contribution in [0.4, 0.5) is 0 Å². The van der Waals surface area contributed by atoms with Gasteiger partial charge < -0.3 is 20.5 Å². The third-order valence-electron chi connectivity index (χ3n) is 5.01. The fourth-order valence-electron chi connectivity index (χ4n) is 3.57. The Kier molecular flexibility index (Phi) is 6.15. The number of morpholine rings is 1. The van der Waals surface area contributed by atoms with Crippen LogP contribution in [0.1, 0.15) is 31.9 Å². The molecule has 1 saturated heterocycles. The number of guanidine groups is 1. The van der Waals surface area contributed by atoms with E-state index in [-0.39, 0.29) is 6.04 Å². The van der Waals surface area contributed by atoms with Gasteiger partial charge in [-0.05, 0) is 12.0 Å². The van der Waals surface area contributed by atoms with Crippen molar-refractivity contribution in [1.82, 2.24) is 10.2 Å². The predicted octanol–water partition coefficient (Wildman–Crippen LogP) is 1.77. The minimum absolute atomic E-state index is 0.162. The average Bonchev–Trinajstić information content (AvgIpc) is 2.63. The van der Waals surface area contributed by atoms with Crippen molar-refractivity contribution in [2.24, 2.45) is 16.6 Å². The zero-order valence-electron chi connectivity index (χ0n) is 15.3. The molecule has 1 aromatic rings. The molecule has 0 bridgehead atoms. The minimum atomic E-state index is 0.162. The average molecular weight is 346 g/mol. The van der Waals surface area contributed by atoms with E-state index in [4.69, 9.17) is 15.2 Å². The fourth-order valence-corrected chi connectivity index (χ4v) is 3.57. The van der Waals surface area contributed by atoms with Gasteiger partial charge in [-0.3, -0.25) is 9.89 Å². The Morgan fingerprint density at radius 3 is 2.80 bits per heavy atom. The number of para-hydroxylation sites is 1. The van der Waals surface area contributed by atoms with Crippen molar-refractivity contribution >= 4 is 5.96 Å². The number of nitrogens with two attached hydrogens (primary N) is 1. The SMILES string of the molecule is CC(C)C(CN=C(N)NC1CCOc2ccccc21)N1CCOCC1. The summed E-state index contributed by atoms with van der Waals surface area (Å²) in [5.74, 6) is 1.98. The van der Waals surface area contributed by atoms with E-state index in [1.165, 1.54) is 0 Å². The zero-order chi connectivity index (χ0) is 17.6. The molecule has 138 valence electrons. The number of rotatable bonds is 5. The maximum Gasteiger partial charge on any atom is 0.189 e. The summed E-state index contributed by atoms with van der Waals surface area (Å²) in [6.07, 6.45) is 0.893. The van der Waals surface area contributed by atoms with Crippen molar-refractivity contribution in [3.05, 3.63) is 29.8 Å². The summed E-state index contributed by atoms with van der Waals surface area (Å²) in [5.41, 5.74) is 7.35. The molecule has 25 heavy (non-hydrogen) atoms. The molecule has 2 aliphatic heterocycles. The topological polar surface area (TPSA) is 72.1 Å². The third kappa shape index (κ3) is 4.64. The van der Waals surface area contributed by atoms with Gasteiger partial charge in [0.25, 0.3) is 0 Å². The lowest BCUT2D eigenvalue weighted by Gasteiger charge is -2.36. The molecule has 0 aromatic heterocycles. The van der Waals surface area contributed by atoms with Crippen LogP contribution in [-0.2, 0) is 4.74 Å². The van der Waals surface area contributed by atoms with Crippen LogP contribution in [0.25, 0.3) is 0 Å². The Labute approximate surface area is 150 Å². The molecule has 3 N–H and O–H groups in total. The maximum absolute atomic E-state index is 6.19. The second-order valence-electron chi connectivity index (χ2n) is 7.06. The van der Waals surface area contributed by atoms with Gasteiger partial charge in [0.1, 0.15) is 5.75 Å². The first kappa shape index (κ1) is 18.0. The smallest absolute Gasteiger partial charge is 0.189 e. The van der Waals surface area contributed by atoms with Crippen LogP contribution in [0.15, 0.2) is 29.3 Å². The van der Waals surface area contributed by atoms with E-state index >= 15 is 0 Å².